The highest BCUT2D eigenvalue weighted by atomic mass is 15.2. The molecule has 0 spiro atoms. The topological polar surface area (TPSA) is 29.3 Å². The maximum absolute atomic E-state index is 6.08. The summed E-state index contributed by atoms with van der Waals surface area (Å²) in [5, 5.41) is 0. The summed E-state index contributed by atoms with van der Waals surface area (Å²) in [6.07, 6.45) is 6.93. The van der Waals surface area contributed by atoms with Gasteiger partial charge < -0.3 is 10.6 Å². The van der Waals surface area contributed by atoms with Gasteiger partial charge in [-0.3, -0.25) is 0 Å². The van der Waals surface area contributed by atoms with Gasteiger partial charge in [-0.2, -0.15) is 0 Å². The van der Waals surface area contributed by atoms with E-state index in [1.54, 1.807) is 0 Å². The van der Waals surface area contributed by atoms with Crippen molar-refractivity contribution in [2.75, 3.05) is 19.6 Å². The number of hydrogen-bond acceptors (Lipinski definition) is 2. The molecule has 1 heterocycles. The number of hydrogen-bond donors (Lipinski definition) is 1. The molecule has 3 fully saturated rings. The fourth-order valence-corrected chi connectivity index (χ4v) is 3.45. The summed E-state index contributed by atoms with van der Waals surface area (Å²) in [5.41, 5.74) is 6.08. The molecular weight excluding hydrogens is 172 g/mol. The lowest BCUT2D eigenvalue weighted by Gasteiger charge is -2.21. The molecule has 1 saturated heterocycles. The Kier molecular flexibility index (Phi) is 2.29. The molecule has 3 rings (SSSR count). The van der Waals surface area contributed by atoms with Crippen LogP contribution in [-0.4, -0.2) is 30.6 Å². The normalized spacial score (nSPS) is 46.9. The van der Waals surface area contributed by atoms with Crippen LogP contribution >= 0.6 is 0 Å². The van der Waals surface area contributed by atoms with E-state index in [0.717, 1.165) is 17.8 Å². The van der Waals surface area contributed by atoms with Gasteiger partial charge in [0, 0.05) is 19.1 Å². The Hall–Kier alpha value is -0.0800. The third kappa shape index (κ3) is 1.70. The quantitative estimate of drug-likeness (QED) is 0.737. The molecule has 2 N–H and O–H groups in total. The fraction of sp³-hybridized carbons (Fsp3) is 1.00. The van der Waals surface area contributed by atoms with E-state index in [9.17, 15) is 0 Å². The molecule has 2 saturated carbocycles. The Bertz CT molecular complexity index is 206. The molecule has 1 aliphatic heterocycles. The molecule has 2 aliphatic carbocycles. The molecule has 80 valence electrons. The Balaban J connectivity index is 1.41. The van der Waals surface area contributed by atoms with E-state index in [1.165, 1.54) is 51.7 Å². The Morgan fingerprint density at radius 3 is 2.57 bits per heavy atom. The van der Waals surface area contributed by atoms with Crippen molar-refractivity contribution in [1.29, 1.82) is 0 Å². The van der Waals surface area contributed by atoms with E-state index in [1.807, 2.05) is 0 Å². The molecule has 4 atom stereocenters. The molecule has 0 aromatic heterocycles. The van der Waals surface area contributed by atoms with E-state index in [0.29, 0.717) is 6.04 Å². The van der Waals surface area contributed by atoms with E-state index >= 15 is 0 Å². The van der Waals surface area contributed by atoms with Crippen molar-refractivity contribution in [3.8, 4) is 0 Å². The zero-order chi connectivity index (χ0) is 9.54. The smallest absolute Gasteiger partial charge is 0.00676 e. The van der Waals surface area contributed by atoms with Crippen LogP contribution in [0.15, 0.2) is 0 Å². The first-order valence-electron chi connectivity index (χ1n) is 6.31. The lowest BCUT2D eigenvalue weighted by molar-refractivity contribution is 0.271. The van der Waals surface area contributed by atoms with Crippen molar-refractivity contribution < 1.29 is 0 Å². The molecule has 14 heavy (non-hydrogen) atoms. The molecule has 0 radical (unpaired) electrons. The third-order valence-electron chi connectivity index (χ3n) is 4.59. The summed E-state index contributed by atoms with van der Waals surface area (Å²) in [6.45, 7) is 4.12. The molecule has 2 nitrogen and oxygen atoms in total. The molecule has 2 heteroatoms. The molecule has 3 aliphatic rings. The van der Waals surface area contributed by atoms with E-state index < -0.39 is 0 Å². The van der Waals surface area contributed by atoms with Crippen molar-refractivity contribution in [2.24, 2.45) is 23.5 Å². The number of nitrogens with zero attached hydrogens (tertiary/aromatic N) is 1. The highest BCUT2D eigenvalue weighted by Gasteiger charge is 2.44. The Morgan fingerprint density at radius 2 is 1.93 bits per heavy atom. The largest absolute Gasteiger partial charge is 0.327 e. The maximum atomic E-state index is 6.08. The minimum absolute atomic E-state index is 0.520. The van der Waals surface area contributed by atoms with Crippen LogP contribution in [0, 0.1) is 17.8 Å². The Labute approximate surface area is 86.8 Å². The highest BCUT2D eigenvalue weighted by Crippen LogP contribution is 2.45. The third-order valence-corrected chi connectivity index (χ3v) is 4.59. The molecule has 0 bridgehead atoms. The molecule has 2 unspecified atom stereocenters. The van der Waals surface area contributed by atoms with Crippen molar-refractivity contribution in [1.82, 2.24) is 4.90 Å². The van der Waals surface area contributed by atoms with E-state index in [-0.39, 0.29) is 0 Å². The lowest BCUT2D eigenvalue weighted by Crippen LogP contribution is -2.30. The summed E-state index contributed by atoms with van der Waals surface area (Å²) in [6, 6.07) is 0.520. The number of rotatable bonds is 3. The summed E-state index contributed by atoms with van der Waals surface area (Å²) < 4.78 is 0. The monoisotopic (exact) mass is 194 g/mol. The van der Waals surface area contributed by atoms with Crippen LogP contribution in [0.5, 0.6) is 0 Å². The summed E-state index contributed by atoms with van der Waals surface area (Å²) in [4.78, 5) is 2.67. The summed E-state index contributed by atoms with van der Waals surface area (Å²) >= 11 is 0. The van der Waals surface area contributed by atoms with Gasteiger partial charge in [0.1, 0.15) is 0 Å². The lowest BCUT2D eigenvalue weighted by atomic mass is 10.00. The number of nitrogens with two attached hydrogens (primary N) is 1. The van der Waals surface area contributed by atoms with Crippen LogP contribution in [0.25, 0.3) is 0 Å². The minimum Gasteiger partial charge on any atom is -0.327 e. The SMILES string of the molecule is N[C@@H]1CCC[C@H]1CCN1CC2CC2C1. The van der Waals surface area contributed by atoms with Gasteiger partial charge in [-0.15, -0.1) is 0 Å². The first-order valence-corrected chi connectivity index (χ1v) is 6.31. The summed E-state index contributed by atoms with van der Waals surface area (Å²) in [5.74, 6) is 3.02. The van der Waals surface area contributed by atoms with Gasteiger partial charge in [0.25, 0.3) is 0 Å². The average Bonchev–Trinajstić information content (AvgIpc) is 2.61. The van der Waals surface area contributed by atoms with Gasteiger partial charge in [-0.1, -0.05) is 6.42 Å². The van der Waals surface area contributed by atoms with E-state index in [2.05, 4.69) is 4.90 Å². The zero-order valence-corrected chi connectivity index (χ0v) is 8.99. The van der Waals surface area contributed by atoms with Crippen molar-refractivity contribution in [3.05, 3.63) is 0 Å². The first-order chi connectivity index (χ1) is 6.83. The molecule has 0 aromatic rings. The standard InChI is InChI=1S/C12H22N2/c13-12-3-1-2-9(12)4-5-14-7-10-6-11(10)8-14/h9-12H,1-8,13H2/t9-,10?,11?,12+/m0/s1. The summed E-state index contributed by atoms with van der Waals surface area (Å²) in [7, 11) is 0. The van der Waals surface area contributed by atoms with Crippen molar-refractivity contribution in [2.45, 2.75) is 38.1 Å². The van der Waals surface area contributed by atoms with Crippen LogP contribution in [-0.2, 0) is 0 Å². The second-order valence-electron chi connectivity index (χ2n) is 5.66. The Morgan fingerprint density at radius 1 is 1.14 bits per heavy atom. The van der Waals surface area contributed by atoms with Crippen molar-refractivity contribution in [3.63, 3.8) is 0 Å². The second-order valence-corrected chi connectivity index (χ2v) is 5.66. The van der Waals surface area contributed by atoms with Gasteiger partial charge >= 0.3 is 0 Å². The number of likely N-dealkylation sites (tertiary alicyclic amines) is 1. The van der Waals surface area contributed by atoms with Crippen molar-refractivity contribution >= 4 is 0 Å². The van der Waals surface area contributed by atoms with Crippen LogP contribution < -0.4 is 5.73 Å². The average molecular weight is 194 g/mol. The van der Waals surface area contributed by atoms with Gasteiger partial charge in [0.2, 0.25) is 0 Å². The van der Waals surface area contributed by atoms with Gasteiger partial charge in [0.15, 0.2) is 0 Å². The van der Waals surface area contributed by atoms with E-state index in [4.69, 9.17) is 5.73 Å². The predicted octanol–water partition coefficient (Wildman–Crippen LogP) is 1.46. The molecule has 0 aromatic carbocycles. The number of piperidine rings is 1. The molecule has 0 amide bonds. The second kappa shape index (κ2) is 3.49. The fourth-order valence-electron chi connectivity index (χ4n) is 3.45. The highest BCUT2D eigenvalue weighted by molar-refractivity contribution is 4.97. The van der Waals surface area contributed by atoms with Crippen LogP contribution in [0.1, 0.15) is 32.1 Å². The van der Waals surface area contributed by atoms with Crippen LogP contribution in [0.3, 0.4) is 0 Å². The maximum Gasteiger partial charge on any atom is 0.00676 e. The van der Waals surface area contributed by atoms with Gasteiger partial charge in [0.05, 0.1) is 0 Å². The van der Waals surface area contributed by atoms with Gasteiger partial charge in [-0.05, 0) is 50.0 Å². The number of fused-ring (bicyclic) bond motifs is 1. The van der Waals surface area contributed by atoms with Gasteiger partial charge in [-0.25, -0.2) is 0 Å². The predicted molar refractivity (Wildman–Crippen MR) is 58.0 cm³/mol. The van der Waals surface area contributed by atoms with Crippen LogP contribution in [0.2, 0.25) is 0 Å². The molecular formula is C12H22N2. The zero-order valence-electron chi connectivity index (χ0n) is 8.99. The van der Waals surface area contributed by atoms with Crippen LogP contribution in [0.4, 0.5) is 0 Å². The first kappa shape index (κ1) is 9.17. The minimum atomic E-state index is 0.520.